The Hall–Kier alpha value is -2.79. The highest BCUT2D eigenvalue weighted by molar-refractivity contribution is 9.09. The Kier molecular flexibility index (Phi) is 5.33. The van der Waals surface area contributed by atoms with Crippen LogP contribution in [0.4, 0.5) is 8.78 Å². The van der Waals surface area contributed by atoms with Gasteiger partial charge in [-0.05, 0) is 16.7 Å². The Labute approximate surface area is 177 Å². The first-order valence-corrected chi connectivity index (χ1v) is 10.4. The second-order valence-electron chi connectivity index (χ2n) is 6.81. The van der Waals surface area contributed by atoms with E-state index >= 15 is 0 Å². The summed E-state index contributed by atoms with van der Waals surface area (Å²) in [6.07, 6.45) is 2.95. The summed E-state index contributed by atoms with van der Waals surface area (Å²) in [6.45, 7) is 0. The lowest BCUT2D eigenvalue weighted by Crippen LogP contribution is -2.37. The molecule has 4 rings (SSSR count). The van der Waals surface area contributed by atoms with Gasteiger partial charge in [0.05, 0.1) is 11.7 Å². The van der Waals surface area contributed by atoms with E-state index in [2.05, 4.69) is 20.9 Å². The maximum atomic E-state index is 14.4. The zero-order valence-electron chi connectivity index (χ0n) is 15.6. The van der Waals surface area contributed by atoms with E-state index in [1.54, 1.807) is 4.57 Å². The molecule has 0 saturated carbocycles. The van der Waals surface area contributed by atoms with Crippen LogP contribution >= 0.6 is 15.9 Å². The number of rotatable bonds is 6. The van der Waals surface area contributed by atoms with Crippen LogP contribution in [0.5, 0.6) is 0 Å². The first-order chi connectivity index (χ1) is 14.1. The number of hydrogen-bond acceptors (Lipinski definition) is 1. The molecule has 0 saturated heterocycles. The number of hydrogen-bond donors (Lipinski definition) is 0. The van der Waals surface area contributed by atoms with E-state index in [1.165, 1.54) is 12.5 Å². The summed E-state index contributed by atoms with van der Waals surface area (Å²) in [5, 5.41) is -0.480. The highest BCUT2D eigenvalue weighted by atomic mass is 79.9. The third-order valence-corrected chi connectivity index (χ3v) is 5.79. The number of benzene rings is 3. The van der Waals surface area contributed by atoms with Crippen LogP contribution in [0.2, 0.25) is 0 Å². The Bertz CT molecular complexity index is 967. The van der Waals surface area contributed by atoms with Crippen LogP contribution in [0.15, 0.2) is 104 Å². The van der Waals surface area contributed by atoms with Crippen LogP contribution in [-0.4, -0.2) is 14.9 Å². The van der Waals surface area contributed by atoms with Gasteiger partial charge in [0, 0.05) is 6.20 Å². The standard InChI is InChI=1S/C24H19BrF2N2/c25-17-23(26,27)22-16-29(18-28-22)24(19-10-4-1-5-11-19,20-12-6-2-7-13-20)21-14-8-3-9-15-21/h1-16,18H,17H2. The molecule has 0 aliphatic carbocycles. The molecule has 0 fully saturated rings. The molecule has 1 aromatic heterocycles. The monoisotopic (exact) mass is 452 g/mol. The zero-order valence-corrected chi connectivity index (χ0v) is 17.1. The van der Waals surface area contributed by atoms with Crippen molar-refractivity contribution in [3.05, 3.63) is 126 Å². The zero-order chi connectivity index (χ0) is 20.3. The molecule has 146 valence electrons. The lowest BCUT2D eigenvalue weighted by atomic mass is 9.77. The summed E-state index contributed by atoms with van der Waals surface area (Å²) in [5.74, 6) is -3.05. The highest BCUT2D eigenvalue weighted by Crippen LogP contribution is 2.41. The van der Waals surface area contributed by atoms with Crippen molar-refractivity contribution in [3.63, 3.8) is 0 Å². The van der Waals surface area contributed by atoms with Crippen molar-refractivity contribution in [3.8, 4) is 0 Å². The summed E-state index contributed by atoms with van der Waals surface area (Å²) >= 11 is 2.90. The Morgan fingerprint density at radius 1 is 0.724 bits per heavy atom. The molecule has 0 aliphatic rings. The molecule has 0 bridgehead atoms. The Morgan fingerprint density at radius 2 is 1.14 bits per heavy atom. The summed E-state index contributed by atoms with van der Waals surface area (Å²) in [4.78, 5) is 4.08. The van der Waals surface area contributed by atoms with Gasteiger partial charge in [-0.15, -0.1) is 0 Å². The fourth-order valence-electron chi connectivity index (χ4n) is 3.75. The molecular formula is C24H19BrF2N2. The van der Waals surface area contributed by atoms with Gasteiger partial charge in [-0.25, -0.2) is 4.98 Å². The van der Waals surface area contributed by atoms with Crippen LogP contribution in [0.3, 0.4) is 0 Å². The van der Waals surface area contributed by atoms with Gasteiger partial charge in [0.2, 0.25) is 0 Å². The second-order valence-corrected chi connectivity index (χ2v) is 7.37. The fraction of sp³-hybridized carbons (Fsp3) is 0.125. The number of alkyl halides is 3. The van der Waals surface area contributed by atoms with Crippen molar-refractivity contribution >= 4 is 15.9 Å². The number of nitrogens with zero attached hydrogens (tertiary/aromatic N) is 2. The molecule has 1 heterocycles. The van der Waals surface area contributed by atoms with E-state index in [0.29, 0.717) is 0 Å². The molecule has 3 aromatic carbocycles. The van der Waals surface area contributed by atoms with Gasteiger partial charge in [0.25, 0.3) is 0 Å². The van der Waals surface area contributed by atoms with Gasteiger partial charge in [0.15, 0.2) is 0 Å². The molecule has 0 N–H and O–H groups in total. The molecule has 5 heteroatoms. The molecule has 0 aliphatic heterocycles. The van der Waals surface area contributed by atoms with Gasteiger partial charge >= 0.3 is 5.92 Å². The first-order valence-electron chi connectivity index (χ1n) is 9.24. The quantitative estimate of drug-likeness (QED) is 0.251. The molecular weight excluding hydrogens is 434 g/mol. The number of imidazole rings is 1. The Balaban J connectivity index is 2.07. The van der Waals surface area contributed by atoms with Crippen molar-refractivity contribution in [2.75, 3.05) is 5.33 Å². The lowest BCUT2D eigenvalue weighted by molar-refractivity contribution is 0.0201. The summed E-state index contributed by atoms with van der Waals surface area (Å²) in [7, 11) is 0. The fourth-order valence-corrected chi connectivity index (χ4v) is 4.04. The third kappa shape index (κ3) is 3.40. The average Bonchev–Trinajstić information content (AvgIpc) is 3.28. The van der Waals surface area contributed by atoms with E-state index < -0.39 is 16.8 Å². The van der Waals surface area contributed by atoms with Crippen LogP contribution in [0.1, 0.15) is 22.4 Å². The van der Waals surface area contributed by atoms with Gasteiger partial charge in [-0.2, -0.15) is 8.78 Å². The van der Waals surface area contributed by atoms with Crippen molar-refractivity contribution in [1.29, 1.82) is 0 Å². The summed E-state index contributed by atoms with van der Waals surface area (Å²) in [5.41, 5.74) is 1.79. The summed E-state index contributed by atoms with van der Waals surface area (Å²) in [6, 6.07) is 29.7. The SMILES string of the molecule is FC(F)(CBr)c1cn(C(c2ccccc2)(c2ccccc2)c2ccccc2)cn1. The first kappa shape index (κ1) is 19.5. The predicted molar refractivity (Wildman–Crippen MR) is 115 cm³/mol. The van der Waals surface area contributed by atoms with Crippen molar-refractivity contribution in [1.82, 2.24) is 9.55 Å². The molecule has 0 amide bonds. The molecule has 0 radical (unpaired) electrons. The largest absolute Gasteiger partial charge is 0.318 e. The van der Waals surface area contributed by atoms with E-state index in [4.69, 9.17) is 0 Å². The van der Waals surface area contributed by atoms with E-state index in [-0.39, 0.29) is 5.69 Å². The Morgan fingerprint density at radius 3 is 1.52 bits per heavy atom. The molecule has 0 spiro atoms. The van der Waals surface area contributed by atoms with Gasteiger partial charge in [0.1, 0.15) is 11.2 Å². The minimum atomic E-state index is -3.05. The van der Waals surface area contributed by atoms with E-state index in [9.17, 15) is 8.78 Å². The average molecular weight is 453 g/mol. The minimum Gasteiger partial charge on any atom is -0.318 e. The second kappa shape index (κ2) is 7.91. The van der Waals surface area contributed by atoms with Crippen molar-refractivity contribution < 1.29 is 8.78 Å². The predicted octanol–water partition coefficient (Wildman–Crippen LogP) is 6.21. The van der Waals surface area contributed by atoms with Gasteiger partial charge in [-0.3, -0.25) is 0 Å². The van der Waals surface area contributed by atoms with E-state index in [1.807, 2.05) is 91.0 Å². The maximum Gasteiger partial charge on any atom is 0.300 e. The molecule has 2 nitrogen and oxygen atoms in total. The third-order valence-electron chi connectivity index (χ3n) is 5.09. The van der Waals surface area contributed by atoms with Crippen LogP contribution < -0.4 is 0 Å². The van der Waals surface area contributed by atoms with Gasteiger partial charge < -0.3 is 4.57 Å². The van der Waals surface area contributed by atoms with Crippen LogP contribution in [0.25, 0.3) is 0 Å². The molecule has 29 heavy (non-hydrogen) atoms. The van der Waals surface area contributed by atoms with Crippen molar-refractivity contribution in [2.45, 2.75) is 11.5 Å². The number of aromatic nitrogens is 2. The number of halogens is 3. The smallest absolute Gasteiger partial charge is 0.300 e. The van der Waals surface area contributed by atoms with Crippen LogP contribution in [-0.2, 0) is 11.5 Å². The normalized spacial score (nSPS) is 12.1. The van der Waals surface area contributed by atoms with E-state index in [0.717, 1.165) is 16.7 Å². The van der Waals surface area contributed by atoms with Crippen molar-refractivity contribution in [2.24, 2.45) is 0 Å². The minimum absolute atomic E-state index is 0.262. The van der Waals surface area contributed by atoms with Gasteiger partial charge in [-0.1, -0.05) is 107 Å². The molecule has 0 atom stereocenters. The molecule has 4 aromatic rings. The highest BCUT2D eigenvalue weighted by Gasteiger charge is 2.40. The van der Waals surface area contributed by atoms with Crippen LogP contribution in [0, 0.1) is 0 Å². The molecule has 0 unspecified atom stereocenters. The maximum absolute atomic E-state index is 14.4. The summed E-state index contributed by atoms with van der Waals surface area (Å²) < 4.78 is 30.5. The lowest BCUT2D eigenvalue weighted by Gasteiger charge is -2.37. The topological polar surface area (TPSA) is 17.8 Å².